The van der Waals surface area contributed by atoms with E-state index >= 15 is 0 Å². The van der Waals surface area contributed by atoms with Crippen molar-refractivity contribution in [3.05, 3.63) is 48.2 Å². The zero-order valence-corrected chi connectivity index (χ0v) is 20.1. The summed E-state index contributed by atoms with van der Waals surface area (Å²) in [5.74, 6) is 0.223. The Morgan fingerprint density at radius 2 is 2.15 bits per heavy atom. The highest BCUT2D eigenvalue weighted by atomic mass is 16.2. The summed E-state index contributed by atoms with van der Waals surface area (Å²) in [5, 5.41) is 5.94. The summed E-state index contributed by atoms with van der Waals surface area (Å²) in [4.78, 5) is 38.8. The van der Waals surface area contributed by atoms with Crippen molar-refractivity contribution in [2.45, 2.75) is 32.2 Å². The number of fused-ring (bicyclic) bond motifs is 1. The number of aryl methyl sites for hydroxylation is 1. The number of nitrogens with zero attached hydrogens (tertiary/aromatic N) is 5. The van der Waals surface area contributed by atoms with Crippen molar-refractivity contribution in [3.8, 4) is 0 Å². The highest BCUT2D eigenvalue weighted by Crippen LogP contribution is 2.32. The molecule has 1 unspecified atom stereocenters. The normalized spacial score (nSPS) is 18.8. The van der Waals surface area contributed by atoms with Gasteiger partial charge in [-0.2, -0.15) is 0 Å². The Morgan fingerprint density at radius 1 is 1.29 bits per heavy atom. The summed E-state index contributed by atoms with van der Waals surface area (Å²) in [6.45, 7) is 4.44. The molecule has 0 saturated carbocycles. The number of hydrogen-bond acceptors (Lipinski definition) is 6. The Labute approximate surface area is 200 Å². The van der Waals surface area contributed by atoms with Gasteiger partial charge < -0.3 is 19.7 Å². The number of amides is 2. The van der Waals surface area contributed by atoms with Crippen LogP contribution < -0.4 is 10.6 Å². The van der Waals surface area contributed by atoms with E-state index in [4.69, 9.17) is 4.98 Å². The molecule has 2 N–H and O–H groups in total. The molecule has 4 rings (SSSR count). The van der Waals surface area contributed by atoms with E-state index < -0.39 is 0 Å². The molecule has 0 bridgehead atoms. The van der Waals surface area contributed by atoms with Crippen LogP contribution in [0.5, 0.6) is 0 Å². The molecule has 34 heavy (non-hydrogen) atoms. The van der Waals surface area contributed by atoms with Crippen LogP contribution >= 0.6 is 0 Å². The van der Waals surface area contributed by atoms with Crippen LogP contribution in [0.1, 0.15) is 30.9 Å². The second-order valence-electron chi connectivity index (χ2n) is 9.04. The van der Waals surface area contributed by atoms with Gasteiger partial charge in [0.2, 0.25) is 11.9 Å². The number of carbonyl (C=O) groups excluding carboxylic acids is 2. The molecule has 180 valence electrons. The predicted molar refractivity (Wildman–Crippen MR) is 135 cm³/mol. The average molecular weight is 464 g/mol. The predicted octanol–water partition coefficient (Wildman–Crippen LogP) is 2.47. The molecule has 0 radical (unpaired) electrons. The number of anilines is 1. The van der Waals surface area contributed by atoms with E-state index in [1.165, 1.54) is 0 Å². The fraction of sp³-hybridized carbons (Fsp3) is 0.440. The van der Waals surface area contributed by atoms with Gasteiger partial charge in [0.25, 0.3) is 5.91 Å². The Hall–Kier alpha value is -3.46. The number of aliphatic imine (C=N–C) groups is 1. The third-order valence-electron chi connectivity index (χ3n) is 6.12. The van der Waals surface area contributed by atoms with Gasteiger partial charge in [-0.15, -0.1) is 0 Å². The van der Waals surface area contributed by atoms with Crippen LogP contribution in [0.3, 0.4) is 0 Å². The Kier molecular flexibility index (Phi) is 7.42. The zero-order chi connectivity index (χ0) is 24.1. The van der Waals surface area contributed by atoms with E-state index in [-0.39, 0.29) is 17.9 Å². The molecule has 2 aromatic rings. The number of hydrogen-bond donors (Lipinski definition) is 2. The molecule has 2 aliphatic heterocycles. The van der Waals surface area contributed by atoms with Crippen molar-refractivity contribution in [3.63, 3.8) is 0 Å². The number of imidazole rings is 1. The summed E-state index contributed by atoms with van der Waals surface area (Å²) >= 11 is 0. The number of para-hydroxylation sites is 1. The Balaban J connectivity index is 1.66. The van der Waals surface area contributed by atoms with Crippen molar-refractivity contribution >= 4 is 34.5 Å². The van der Waals surface area contributed by atoms with Gasteiger partial charge in [0.15, 0.2) is 0 Å². The second-order valence-corrected chi connectivity index (χ2v) is 9.04. The van der Waals surface area contributed by atoms with Crippen LogP contribution in [0.15, 0.2) is 47.6 Å². The molecule has 2 aliphatic rings. The van der Waals surface area contributed by atoms with Crippen LogP contribution in [0.2, 0.25) is 0 Å². The van der Waals surface area contributed by atoms with E-state index in [9.17, 15) is 9.59 Å². The van der Waals surface area contributed by atoms with Crippen molar-refractivity contribution < 1.29 is 9.59 Å². The maximum atomic E-state index is 12.9. The van der Waals surface area contributed by atoms with Crippen molar-refractivity contribution in [1.82, 2.24) is 24.7 Å². The van der Waals surface area contributed by atoms with Gasteiger partial charge in [-0.05, 0) is 58.0 Å². The van der Waals surface area contributed by atoms with Crippen LogP contribution in [0.4, 0.5) is 5.95 Å². The fourth-order valence-electron chi connectivity index (χ4n) is 4.45. The van der Waals surface area contributed by atoms with Crippen LogP contribution in [-0.2, 0) is 9.59 Å². The molecule has 0 aliphatic carbocycles. The first kappa shape index (κ1) is 23.7. The maximum Gasteiger partial charge on any atom is 0.276 e. The average Bonchev–Trinajstić information content (AvgIpc) is 3.01. The third kappa shape index (κ3) is 5.36. The lowest BCUT2D eigenvalue weighted by molar-refractivity contribution is -0.126. The molecule has 3 heterocycles. The lowest BCUT2D eigenvalue weighted by Crippen LogP contribution is -2.35. The quantitative estimate of drug-likeness (QED) is 0.642. The molecule has 1 atom stereocenters. The Bertz CT molecular complexity index is 1150. The molecular weight excluding hydrogens is 430 g/mol. The summed E-state index contributed by atoms with van der Waals surface area (Å²) < 4.78 is 2.11. The van der Waals surface area contributed by atoms with Gasteiger partial charge >= 0.3 is 0 Å². The number of carbonyl (C=O) groups is 2. The topological polar surface area (TPSA) is 94.9 Å². The number of rotatable bonds is 6. The summed E-state index contributed by atoms with van der Waals surface area (Å²) in [6, 6.07) is 5.98. The Morgan fingerprint density at radius 3 is 2.91 bits per heavy atom. The van der Waals surface area contributed by atoms with Gasteiger partial charge in [0, 0.05) is 31.9 Å². The minimum absolute atomic E-state index is 0.000558. The molecule has 1 fully saturated rings. The molecule has 1 saturated heterocycles. The van der Waals surface area contributed by atoms with E-state index in [1.807, 2.05) is 42.1 Å². The first-order valence-corrected chi connectivity index (χ1v) is 11.8. The van der Waals surface area contributed by atoms with E-state index in [1.54, 1.807) is 18.4 Å². The van der Waals surface area contributed by atoms with E-state index in [0.29, 0.717) is 24.9 Å². The number of aromatic nitrogens is 2. The SMILES string of the molecule is Cc1cccc2nc(NC(=O)C3=NCNC=C3)n(C3CCCCN(C(=O)/C=C/CN(C)C)C3)c12. The lowest BCUT2D eigenvalue weighted by atomic mass is 10.1. The van der Waals surface area contributed by atoms with Gasteiger partial charge in [0.05, 0.1) is 17.1 Å². The molecule has 1 aromatic heterocycles. The number of benzene rings is 1. The highest BCUT2D eigenvalue weighted by Gasteiger charge is 2.27. The molecule has 0 spiro atoms. The van der Waals surface area contributed by atoms with Gasteiger partial charge in [0.1, 0.15) is 12.4 Å². The van der Waals surface area contributed by atoms with Gasteiger partial charge in [-0.25, -0.2) is 4.98 Å². The fourth-order valence-corrected chi connectivity index (χ4v) is 4.45. The van der Waals surface area contributed by atoms with Crippen LogP contribution in [0.25, 0.3) is 11.0 Å². The number of likely N-dealkylation sites (tertiary alicyclic amines) is 1. The summed E-state index contributed by atoms with van der Waals surface area (Å²) in [7, 11) is 3.95. The van der Waals surface area contributed by atoms with Crippen molar-refractivity contribution in [2.75, 3.05) is 45.7 Å². The van der Waals surface area contributed by atoms with Gasteiger partial charge in [-0.3, -0.25) is 19.9 Å². The third-order valence-corrected chi connectivity index (χ3v) is 6.12. The smallest absolute Gasteiger partial charge is 0.276 e. The first-order valence-electron chi connectivity index (χ1n) is 11.8. The minimum Gasteiger partial charge on any atom is -0.372 e. The zero-order valence-electron chi connectivity index (χ0n) is 20.1. The van der Waals surface area contributed by atoms with E-state index in [0.717, 1.165) is 48.9 Å². The number of nitrogens with one attached hydrogen (secondary N) is 2. The largest absolute Gasteiger partial charge is 0.372 e. The highest BCUT2D eigenvalue weighted by molar-refractivity contribution is 6.47. The summed E-state index contributed by atoms with van der Waals surface area (Å²) in [6.07, 6.45) is 9.79. The molecule has 1 aromatic carbocycles. The van der Waals surface area contributed by atoms with Crippen molar-refractivity contribution in [1.29, 1.82) is 0 Å². The van der Waals surface area contributed by atoms with Gasteiger partial charge in [-0.1, -0.05) is 18.2 Å². The monoisotopic (exact) mass is 463 g/mol. The minimum atomic E-state index is -0.292. The van der Waals surface area contributed by atoms with Crippen molar-refractivity contribution in [2.24, 2.45) is 4.99 Å². The lowest BCUT2D eigenvalue weighted by Gasteiger charge is -2.26. The molecular formula is C25H33N7O2. The molecule has 9 heteroatoms. The standard InChI is InChI=1S/C25H33N7O2/c1-18-8-6-10-20-23(18)32(25(28-20)29-24(34)21-12-13-26-17-27-21)19-9-4-5-15-31(16-19)22(33)11-7-14-30(2)3/h6-8,10-13,19,26H,4-5,9,14-17H2,1-3H3,(H,28,29,34)/b11-7+. The second kappa shape index (κ2) is 10.6. The van der Waals surface area contributed by atoms with Crippen LogP contribution in [0, 0.1) is 6.92 Å². The van der Waals surface area contributed by atoms with Crippen LogP contribution in [-0.4, -0.2) is 77.3 Å². The molecule has 2 amide bonds. The van der Waals surface area contributed by atoms with E-state index in [2.05, 4.69) is 33.2 Å². The first-order chi connectivity index (χ1) is 16.4. The summed E-state index contributed by atoms with van der Waals surface area (Å²) in [5.41, 5.74) is 3.25. The maximum absolute atomic E-state index is 12.9. The number of likely N-dealkylation sites (N-methyl/N-ethyl adjacent to an activating group) is 1. The molecule has 9 nitrogen and oxygen atoms in total.